The van der Waals surface area contributed by atoms with E-state index in [1.54, 1.807) is 0 Å². The third-order valence-electron chi connectivity index (χ3n) is 10.8. The van der Waals surface area contributed by atoms with Gasteiger partial charge in [-0.3, -0.25) is 13.8 Å². The number of nitrogens with zero attached hydrogens (tertiary/aromatic N) is 1. The van der Waals surface area contributed by atoms with Gasteiger partial charge >= 0.3 is 13.8 Å². The van der Waals surface area contributed by atoms with Gasteiger partial charge in [0.1, 0.15) is 19.3 Å². The van der Waals surface area contributed by atoms with Crippen LogP contribution in [0.2, 0.25) is 0 Å². The molecule has 0 bridgehead atoms. The van der Waals surface area contributed by atoms with Crippen LogP contribution >= 0.6 is 7.82 Å². The lowest BCUT2D eigenvalue weighted by molar-refractivity contribution is -0.870. The molecular formula is C48H97NO7P+. The van der Waals surface area contributed by atoms with Crippen LogP contribution in [0.5, 0.6) is 0 Å². The Labute approximate surface area is 354 Å². The van der Waals surface area contributed by atoms with Crippen LogP contribution in [0.1, 0.15) is 232 Å². The van der Waals surface area contributed by atoms with Crippen LogP contribution in [0.25, 0.3) is 0 Å². The number of hydrogen-bond donors (Lipinski definition) is 1. The SMILES string of the molecule is CCCCCCCCCC/C=C\CCCCCCCCCCCCCCCC(=O)OC(COCCCCCCCCCCCC)COP(=O)(O)OCC[N+](C)(C)C. The normalized spacial score (nSPS) is 13.7. The van der Waals surface area contributed by atoms with Crippen LogP contribution in [-0.2, 0) is 27.9 Å². The third kappa shape index (κ3) is 46.2. The molecule has 0 aromatic heterocycles. The van der Waals surface area contributed by atoms with E-state index >= 15 is 0 Å². The zero-order chi connectivity index (χ0) is 42.0. The Balaban J connectivity index is 4.00. The summed E-state index contributed by atoms with van der Waals surface area (Å²) >= 11 is 0. The van der Waals surface area contributed by atoms with E-state index < -0.39 is 13.9 Å². The van der Waals surface area contributed by atoms with E-state index in [0.29, 0.717) is 24.1 Å². The molecule has 0 amide bonds. The van der Waals surface area contributed by atoms with Crippen LogP contribution < -0.4 is 0 Å². The molecule has 2 atom stereocenters. The average Bonchev–Trinajstić information content (AvgIpc) is 3.16. The first-order chi connectivity index (χ1) is 27.6. The quantitative estimate of drug-likeness (QED) is 0.0215. The van der Waals surface area contributed by atoms with Crippen LogP contribution in [0.15, 0.2) is 12.2 Å². The zero-order valence-corrected chi connectivity index (χ0v) is 39.5. The number of phosphoric acid groups is 1. The van der Waals surface area contributed by atoms with Crippen molar-refractivity contribution in [2.24, 2.45) is 0 Å². The minimum atomic E-state index is -4.27. The van der Waals surface area contributed by atoms with Gasteiger partial charge in [0.15, 0.2) is 0 Å². The van der Waals surface area contributed by atoms with Crippen molar-refractivity contribution in [1.29, 1.82) is 0 Å². The summed E-state index contributed by atoms with van der Waals surface area (Å²) in [6.45, 7) is 5.66. The smallest absolute Gasteiger partial charge is 0.457 e. The number of carbonyl (C=O) groups excluding carboxylic acids is 1. The molecule has 1 N–H and O–H groups in total. The number of quaternary nitrogens is 1. The maximum Gasteiger partial charge on any atom is 0.472 e. The molecule has 9 heteroatoms. The molecule has 0 aliphatic carbocycles. The minimum absolute atomic E-state index is 0.0921. The standard InChI is InChI=1S/C48H96NO7P/c1-6-8-10-12-14-16-18-19-20-21-22-23-24-25-26-27-28-29-30-31-32-33-35-37-39-41-48(50)56-47(46-55-57(51,52)54-44-42-49(3,4)5)45-53-43-40-38-36-34-17-15-13-11-9-7-2/h21-22,47H,6-20,23-46H2,1-5H3/p+1/b22-21-. The number of ether oxygens (including phenoxy) is 2. The molecule has 0 fully saturated rings. The van der Waals surface area contributed by atoms with E-state index in [1.165, 1.54) is 180 Å². The second kappa shape index (κ2) is 42.0. The molecular weight excluding hydrogens is 734 g/mol. The van der Waals surface area contributed by atoms with Gasteiger partial charge in [0.2, 0.25) is 0 Å². The van der Waals surface area contributed by atoms with Crippen molar-refractivity contribution in [3.8, 4) is 0 Å². The van der Waals surface area contributed by atoms with Crippen LogP contribution in [-0.4, -0.2) is 75.6 Å². The Kier molecular flexibility index (Phi) is 41.4. The molecule has 0 radical (unpaired) electrons. The molecule has 340 valence electrons. The fourth-order valence-electron chi connectivity index (χ4n) is 7.02. The highest BCUT2D eigenvalue weighted by molar-refractivity contribution is 7.47. The Bertz CT molecular complexity index is 925. The Hall–Kier alpha value is -0.760. The van der Waals surface area contributed by atoms with Gasteiger partial charge in [-0.2, -0.15) is 0 Å². The zero-order valence-electron chi connectivity index (χ0n) is 38.6. The van der Waals surface area contributed by atoms with E-state index in [4.69, 9.17) is 18.5 Å². The topological polar surface area (TPSA) is 91.3 Å². The van der Waals surface area contributed by atoms with E-state index in [2.05, 4.69) is 26.0 Å². The third-order valence-corrected chi connectivity index (χ3v) is 11.8. The summed E-state index contributed by atoms with van der Waals surface area (Å²) < 4.78 is 35.0. The first-order valence-corrected chi connectivity index (χ1v) is 25.9. The molecule has 0 aromatic rings. The van der Waals surface area contributed by atoms with Crippen molar-refractivity contribution >= 4 is 13.8 Å². The molecule has 8 nitrogen and oxygen atoms in total. The van der Waals surface area contributed by atoms with Gasteiger partial charge < -0.3 is 18.9 Å². The van der Waals surface area contributed by atoms with Crippen molar-refractivity contribution in [3.05, 3.63) is 12.2 Å². The molecule has 2 unspecified atom stereocenters. The summed E-state index contributed by atoms with van der Waals surface area (Å²) in [6, 6.07) is 0. The number of likely N-dealkylation sites (N-methyl/N-ethyl adjacent to an activating group) is 1. The fraction of sp³-hybridized carbons (Fsp3) is 0.938. The minimum Gasteiger partial charge on any atom is -0.457 e. The number of allylic oxidation sites excluding steroid dienone is 2. The number of phosphoric ester groups is 1. The van der Waals surface area contributed by atoms with E-state index in [9.17, 15) is 14.3 Å². The monoisotopic (exact) mass is 831 g/mol. The molecule has 0 aromatic carbocycles. The Morgan fingerprint density at radius 2 is 0.912 bits per heavy atom. The summed E-state index contributed by atoms with van der Waals surface area (Å²) in [4.78, 5) is 22.9. The Morgan fingerprint density at radius 1 is 0.526 bits per heavy atom. The first-order valence-electron chi connectivity index (χ1n) is 24.4. The van der Waals surface area contributed by atoms with Gasteiger partial charge in [0.25, 0.3) is 0 Å². The number of unbranched alkanes of at least 4 members (excludes halogenated alkanes) is 30. The summed E-state index contributed by atoms with van der Waals surface area (Å²) in [5.74, 6) is -0.310. The number of rotatable bonds is 46. The maximum atomic E-state index is 12.7. The number of esters is 1. The summed E-state index contributed by atoms with van der Waals surface area (Å²) in [5, 5.41) is 0. The van der Waals surface area contributed by atoms with Gasteiger partial charge in [-0.1, -0.05) is 199 Å². The molecule has 0 heterocycles. The predicted molar refractivity (Wildman–Crippen MR) is 243 cm³/mol. The van der Waals surface area contributed by atoms with Gasteiger partial charge in [-0.15, -0.1) is 0 Å². The molecule has 0 saturated carbocycles. The predicted octanol–water partition coefficient (Wildman–Crippen LogP) is 14.6. The Morgan fingerprint density at radius 3 is 1.33 bits per heavy atom. The lowest BCUT2D eigenvalue weighted by atomic mass is 10.0. The van der Waals surface area contributed by atoms with Crippen molar-refractivity contribution in [1.82, 2.24) is 0 Å². The van der Waals surface area contributed by atoms with E-state index in [-0.39, 0.29) is 25.8 Å². The maximum absolute atomic E-state index is 12.7. The van der Waals surface area contributed by atoms with Gasteiger partial charge in [-0.25, -0.2) is 4.57 Å². The number of carbonyl (C=O) groups is 1. The van der Waals surface area contributed by atoms with Crippen molar-refractivity contribution in [2.45, 2.75) is 238 Å². The van der Waals surface area contributed by atoms with Gasteiger partial charge in [0, 0.05) is 13.0 Å². The van der Waals surface area contributed by atoms with Crippen molar-refractivity contribution < 1.29 is 37.3 Å². The molecule has 0 spiro atoms. The molecule has 0 aliphatic rings. The highest BCUT2D eigenvalue weighted by Gasteiger charge is 2.26. The number of hydrogen-bond acceptors (Lipinski definition) is 6. The highest BCUT2D eigenvalue weighted by Crippen LogP contribution is 2.43. The largest absolute Gasteiger partial charge is 0.472 e. The van der Waals surface area contributed by atoms with Gasteiger partial charge in [0.05, 0.1) is 34.4 Å². The van der Waals surface area contributed by atoms with Crippen molar-refractivity contribution in [2.75, 3.05) is 54.1 Å². The fourth-order valence-corrected chi connectivity index (χ4v) is 7.76. The second-order valence-electron chi connectivity index (χ2n) is 17.9. The van der Waals surface area contributed by atoms with Crippen LogP contribution in [0, 0.1) is 0 Å². The molecule has 0 aliphatic heterocycles. The van der Waals surface area contributed by atoms with E-state index in [0.717, 1.165) is 32.1 Å². The summed E-state index contributed by atoms with van der Waals surface area (Å²) in [6.07, 6.45) is 46.9. The lowest BCUT2D eigenvalue weighted by Gasteiger charge is -2.24. The molecule has 0 rings (SSSR count). The van der Waals surface area contributed by atoms with E-state index in [1.807, 2.05) is 21.1 Å². The lowest BCUT2D eigenvalue weighted by Crippen LogP contribution is -2.37. The van der Waals surface area contributed by atoms with Crippen molar-refractivity contribution in [3.63, 3.8) is 0 Å². The summed E-state index contributed by atoms with van der Waals surface area (Å²) in [5.41, 5.74) is 0. The second-order valence-corrected chi connectivity index (χ2v) is 19.3. The molecule has 57 heavy (non-hydrogen) atoms. The molecule has 0 saturated heterocycles. The van der Waals surface area contributed by atoms with Crippen LogP contribution in [0.3, 0.4) is 0 Å². The summed E-state index contributed by atoms with van der Waals surface area (Å²) in [7, 11) is 1.68. The first kappa shape index (κ1) is 56.2. The highest BCUT2D eigenvalue weighted by atomic mass is 31.2. The van der Waals surface area contributed by atoms with Crippen LogP contribution in [0.4, 0.5) is 0 Å². The van der Waals surface area contributed by atoms with Gasteiger partial charge in [-0.05, 0) is 38.5 Å². The average molecular weight is 831 g/mol.